The molecule has 0 unspecified atom stereocenters. The highest BCUT2D eigenvalue weighted by Gasteiger charge is 2.48. The number of ether oxygens (including phenoxy) is 1. The highest BCUT2D eigenvalue weighted by Crippen LogP contribution is 2.34. The van der Waals surface area contributed by atoms with E-state index in [0.717, 1.165) is 11.1 Å². The van der Waals surface area contributed by atoms with Crippen LogP contribution in [0.1, 0.15) is 36.8 Å². The van der Waals surface area contributed by atoms with Crippen molar-refractivity contribution >= 4 is 17.8 Å². The van der Waals surface area contributed by atoms with E-state index in [-0.39, 0.29) is 17.7 Å². The fourth-order valence-corrected chi connectivity index (χ4v) is 3.96. The van der Waals surface area contributed by atoms with Crippen molar-refractivity contribution in [3.63, 3.8) is 0 Å². The highest BCUT2D eigenvalue weighted by molar-refractivity contribution is 6.07. The average Bonchev–Trinajstić information content (AvgIpc) is 3.04. The zero-order chi connectivity index (χ0) is 21.0. The van der Waals surface area contributed by atoms with Gasteiger partial charge in [-0.3, -0.25) is 14.9 Å². The van der Waals surface area contributed by atoms with Crippen molar-refractivity contribution in [1.29, 1.82) is 0 Å². The van der Waals surface area contributed by atoms with E-state index < -0.39 is 11.6 Å². The second kappa shape index (κ2) is 8.52. The summed E-state index contributed by atoms with van der Waals surface area (Å²) in [5.74, 6) is 0.00841. The summed E-state index contributed by atoms with van der Waals surface area (Å²) < 4.78 is 5.73. The van der Waals surface area contributed by atoms with Crippen LogP contribution in [0.15, 0.2) is 48.7 Å². The van der Waals surface area contributed by atoms with Gasteiger partial charge >= 0.3 is 6.03 Å². The van der Waals surface area contributed by atoms with Gasteiger partial charge in [0.1, 0.15) is 12.1 Å². The fourth-order valence-electron chi connectivity index (χ4n) is 3.96. The lowest BCUT2D eigenvalue weighted by Crippen LogP contribution is -2.50. The molecule has 4 amide bonds. The molecule has 3 N–H and O–H groups in total. The van der Waals surface area contributed by atoms with Crippen molar-refractivity contribution in [3.05, 3.63) is 59.8 Å². The smallest absolute Gasteiger partial charge is 0.322 e. The lowest BCUT2D eigenvalue weighted by molar-refractivity contribution is -0.130. The Bertz CT molecular complexity index is 939. The minimum absolute atomic E-state index is 0.0434. The third-order valence-electron chi connectivity index (χ3n) is 5.72. The minimum Gasteiger partial charge on any atom is -0.473 e. The molecule has 0 bridgehead atoms. The molecule has 156 valence electrons. The number of nitrogens with one attached hydrogen (secondary N) is 3. The van der Waals surface area contributed by atoms with Gasteiger partial charge in [0.15, 0.2) is 0 Å². The predicted molar refractivity (Wildman–Crippen MR) is 108 cm³/mol. The molecule has 0 radical (unpaired) electrons. The molecule has 1 saturated heterocycles. The van der Waals surface area contributed by atoms with Gasteiger partial charge in [-0.25, -0.2) is 9.78 Å². The maximum absolute atomic E-state index is 12.6. The molecule has 8 heteroatoms. The van der Waals surface area contributed by atoms with Gasteiger partial charge in [-0.05, 0) is 42.9 Å². The molecule has 1 aromatic heterocycles. The van der Waals surface area contributed by atoms with E-state index in [1.807, 2.05) is 42.5 Å². The SMILES string of the molecule is O=C1NC(=O)C2(CCC(C(=O)NCc3ccnc(OCc4ccccc4)c3)CC2)N1. The fraction of sp³-hybridized carbons (Fsp3) is 0.364. The molecular formula is C22H24N4O4. The molecule has 2 heterocycles. The van der Waals surface area contributed by atoms with Crippen LogP contribution in [0, 0.1) is 5.92 Å². The number of benzene rings is 1. The lowest BCUT2D eigenvalue weighted by Gasteiger charge is -2.33. The van der Waals surface area contributed by atoms with Crippen LogP contribution in [0.5, 0.6) is 5.88 Å². The van der Waals surface area contributed by atoms with Crippen molar-refractivity contribution in [1.82, 2.24) is 20.9 Å². The van der Waals surface area contributed by atoms with Crippen LogP contribution in [0.4, 0.5) is 4.79 Å². The second-order valence-corrected chi connectivity index (χ2v) is 7.76. The second-order valence-electron chi connectivity index (χ2n) is 7.76. The number of carbonyl (C=O) groups is 3. The Kier molecular flexibility index (Phi) is 5.65. The Labute approximate surface area is 174 Å². The largest absolute Gasteiger partial charge is 0.473 e. The van der Waals surface area contributed by atoms with Crippen molar-refractivity contribution in [2.75, 3.05) is 0 Å². The molecule has 30 heavy (non-hydrogen) atoms. The van der Waals surface area contributed by atoms with Crippen LogP contribution in [0.25, 0.3) is 0 Å². The van der Waals surface area contributed by atoms with Crippen molar-refractivity contribution in [2.24, 2.45) is 5.92 Å². The van der Waals surface area contributed by atoms with Crippen LogP contribution in [-0.4, -0.2) is 28.4 Å². The summed E-state index contributed by atoms with van der Waals surface area (Å²) in [5, 5.41) is 7.96. The average molecular weight is 408 g/mol. The first kappa shape index (κ1) is 19.9. The number of imide groups is 1. The van der Waals surface area contributed by atoms with E-state index in [1.165, 1.54) is 0 Å². The minimum atomic E-state index is -0.843. The van der Waals surface area contributed by atoms with Crippen LogP contribution in [0.2, 0.25) is 0 Å². The number of amides is 4. The zero-order valence-electron chi connectivity index (χ0n) is 16.5. The maximum Gasteiger partial charge on any atom is 0.322 e. The van der Waals surface area contributed by atoms with Gasteiger partial charge in [0.2, 0.25) is 11.8 Å². The van der Waals surface area contributed by atoms with E-state index in [0.29, 0.717) is 44.7 Å². The first-order valence-electron chi connectivity index (χ1n) is 10.1. The van der Waals surface area contributed by atoms with Gasteiger partial charge in [-0.1, -0.05) is 30.3 Å². The highest BCUT2D eigenvalue weighted by atomic mass is 16.5. The summed E-state index contributed by atoms with van der Waals surface area (Å²) in [4.78, 5) is 40.2. The summed E-state index contributed by atoms with van der Waals surface area (Å²) in [7, 11) is 0. The molecule has 1 saturated carbocycles. The van der Waals surface area contributed by atoms with Gasteiger partial charge < -0.3 is 15.4 Å². The summed E-state index contributed by atoms with van der Waals surface area (Å²) in [5.41, 5.74) is 1.11. The van der Waals surface area contributed by atoms with Gasteiger partial charge in [-0.15, -0.1) is 0 Å². The monoisotopic (exact) mass is 408 g/mol. The van der Waals surface area contributed by atoms with Gasteiger partial charge in [0.25, 0.3) is 5.91 Å². The molecule has 8 nitrogen and oxygen atoms in total. The van der Waals surface area contributed by atoms with Crippen LogP contribution < -0.4 is 20.7 Å². The lowest BCUT2D eigenvalue weighted by atomic mass is 9.76. The number of urea groups is 1. The normalized spacial score (nSPS) is 23.0. The van der Waals surface area contributed by atoms with Crippen molar-refractivity contribution < 1.29 is 19.1 Å². The number of hydrogen-bond donors (Lipinski definition) is 3. The Morgan fingerprint density at radius 2 is 1.90 bits per heavy atom. The first-order valence-corrected chi connectivity index (χ1v) is 10.1. The first-order chi connectivity index (χ1) is 14.5. The van der Waals surface area contributed by atoms with Gasteiger partial charge in [0, 0.05) is 24.7 Å². The molecule has 2 aromatic rings. The molecule has 0 atom stereocenters. The molecule has 4 rings (SSSR count). The number of pyridine rings is 1. The maximum atomic E-state index is 12.6. The Hall–Kier alpha value is -3.42. The van der Waals surface area contributed by atoms with E-state index >= 15 is 0 Å². The van der Waals surface area contributed by atoms with E-state index in [4.69, 9.17) is 4.74 Å². The summed E-state index contributed by atoms with van der Waals surface area (Å²) in [6.07, 6.45) is 3.71. The van der Waals surface area contributed by atoms with Crippen LogP contribution >= 0.6 is 0 Å². The number of nitrogens with zero attached hydrogens (tertiary/aromatic N) is 1. The third-order valence-corrected chi connectivity index (χ3v) is 5.72. The topological polar surface area (TPSA) is 109 Å². The van der Waals surface area contributed by atoms with E-state index in [1.54, 1.807) is 6.20 Å². The molecule has 1 aromatic carbocycles. The molecule has 2 fully saturated rings. The number of rotatable bonds is 6. The molecule has 2 aliphatic rings. The standard InChI is InChI=1S/C22H24N4O4/c27-19(17-6-9-22(10-7-17)20(28)25-21(29)26-22)24-13-16-8-11-23-18(12-16)30-14-15-4-2-1-3-5-15/h1-5,8,11-12,17H,6-7,9-10,13-14H2,(H,24,27)(H2,25,26,28,29). The van der Waals surface area contributed by atoms with E-state index in [9.17, 15) is 14.4 Å². The Morgan fingerprint density at radius 1 is 1.13 bits per heavy atom. The molecular weight excluding hydrogens is 384 g/mol. The third kappa shape index (κ3) is 4.42. The molecule has 1 aliphatic carbocycles. The zero-order valence-corrected chi connectivity index (χ0v) is 16.5. The van der Waals surface area contributed by atoms with Crippen LogP contribution in [0.3, 0.4) is 0 Å². The summed E-state index contributed by atoms with van der Waals surface area (Å²) >= 11 is 0. The van der Waals surface area contributed by atoms with E-state index in [2.05, 4.69) is 20.9 Å². The molecule has 1 aliphatic heterocycles. The molecule has 1 spiro atoms. The Balaban J connectivity index is 1.26. The quantitative estimate of drug-likeness (QED) is 0.634. The van der Waals surface area contributed by atoms with Gasteiger partial charge in [-0.2, -0.15) is 0 Å². The number of carbonyl (C=O) groups excluding carboxylic acids is 3. The van der Waals surface area contributed by atoms with Crippen molar-refractivity contribution in [2.45, 2.75) is 44.4 Å². The predicted octanol–water partition coefficient (Wildman–Crippen LogP) is 2.05. The van der Waals surface area contributed by atoms with Crippen LogP contribution in [-0.2, 0) is 22.7 Å². The number of aromatic nitrogens is 1. The summed E-state index contributed by atoms with van der Waals surface area (Å²) in [6, 6.07) is 13.0. The summed E-state index contributed by atoms with van der Waals surface area (Å²) in [6.45, 7) is 0.805. The Morgan fingerprint density at radius 3 is 2.60 bits per heavy atom. The van der Waals surface area contributed by atoms with Gasteiger partial charge in [0.05, 0.1) is 0 Å². The number of hydrogen-bond acceptors (Lipinski definition) is 5. The van der Waals surface area contributed by atoms with Crippen molar-refractivity contribution in [3.8, 4) is 5.88 Å².